The van der Waals surface area contributed by atoms with Crippen molar-refractivity contribution in [2.45, 2.75) is 38.0 Å². The van der Waals surface area contributed by atoms with E-state index in [1.165, 1.54) is 12.7 Å². The summed E-state index contributed by atoms with van der Waals surface area (Å²) in [6, 6.07) is 38.3. The van der Waals surface area contributed by atoms with Crippen LogP contribution in [-0.2, 0) is 26.4 Å². The van der Waals surface area contributed by atoms with Gasteiger partial charge in [-0.05, 0) is 33.7 Å². The van der Waals surface area contributed by atoms with E-state index in [4.69, 9.17) is 9.47 Å². The summed E-state index contributed by atoms with van der Waals surface area (Å²) in [5, 5.41) is 3.68. The van der Waals surface area contributed by atoms with Crippen LogP contribution in [0.5, 0.6) is 0 Å². The molecule has 0 spiro atoms. The predicted octanol–water partition coefficient (Wildman–Crippen LogP) is 6.45. The van der Waals surface area contributed by atoms with Crippen molar-refractivity contribution < 1.29 is 14.3 Å². The topological polar surface area (TPSA) is 47.6 Å². The average molecular weight is 494 g/mol. The molecule has 1 atom stereocenters. The van der Waals surface area contributed by atoms with Crippen molar-refractivity contribution in [2.75, 3.05) is 13.7 Å². The van der Waals surface area contributed by atoms with E-state index in [1.54, 1.807) is 0 Å². The van der Waals surface area contributed by atoms with E-state index in [2.05, 4.69) is 79.8 Å². The minimum Gasteiger partial charge on any atom is -0.468 e. The molecule has 0 saturated heterocycles. The Bertz CT molecular complexity index is 1140. The second-order valence-corrected chi connectivity index (χ2v) is 9.48. The van der Waals surface area contributed by atoms with Crippen LogP contribution in [0.4, 0.5) is 0 Å². The van der Waals surface area contributed by atoms with E-state index >= 15 is 0 Å². The largest absolute Gasteiger partial charge is 0.468 e. The Kier molecular flexibility index (Phi) is 8.89. The third-order valence-corrected chi connectivity index (χ3v) is 6.70. The lowest BCUT2D eigenvalue weighted by molar-refractivity contribution is -0.145. The van der Waals surface area contributed by atoms with Gasteiger partial charge in [0.05, 0.1) is 25.9 Å². The highest BCUT2D eigenvalue weighted by Crippen LogP contribution is 2.37. The number of benzene rings is 4. The summed E-state index contributed by atoms with van der Waals surface area (Å²) < 4.78 is 11.3. The van der Waals surface area contributed by atoms with Gasteiger partial charge in [-0.2, -0.15) is 0 Å². The molecule has 0 bridgehead atoms. The van der Waals surface area contributed by atoms with Crippen molar-refractivity contribution in [3.05, 3.63) is 143 Å². The molecule has 4 aromatic carbocycles. The second kappa shape index (κ2) is 12.5. The smallest absolute Gasteiger partial charge is 0.325 e. The van der Waals surface area contributed by atoms with Crippen LogP contribution in [0.15, 0.2) is 115 Å². The maximum atomic E-state index is 13.1. The highest BCUT2D eigenvalue weighted by atomic mass is 16.5. The van der Waals surface area contributed by atoms with E-state index in [-0.39, 0.29) is 12.6 Å². The molecule has 1 N–H and O–H groups in total. The number of ether oxygens (including phenoxy) is 2. The van der Waals surface area contributed by atoms with E-state index in [9.17, 15) is 4.79 Å². The van der Waals surface area contributed by atoms with Crippen LogP contribution < -0.4 is 5.32 Å². The molecule has 4 aromatic rings. The minimum atomic E-state index is -0.801. The fraction of sp³-hybridized carbons (Fsp3) is 0.242. The molecule has 37 heavy (non-hydrogen) atoms. The number of hydrogen-bond donors (Lipinski definition) is 1. The van der Waals surface area contributed by atoms with Crippen LogP contribution in [0.25, 0.3) is 0 Å². The van der Waals surface area contributed by atoms with Gasteiger partial charge in [0.25, 0.3) is 0 Å². The molecule has 0 aromatic heterocycles. The highest BCUT2D eigenvalue weighted by molar-refractivity contribution is 5.76. The lowest BCUT2D eigenvalue weighted by atomic mass is 9.76. The number of nitrogens with one attached hydrogen (secondary N) is 1. The number of methoxy groups -OCH3 is 1. The van der Waals surface area contributed by atoms with Gasteiger partial charge in [-0.3, -0.25) is 10.1 Å². The summed E-state index contributed by atoms with van der Waals surface area (Å²) >= 11 is 0. The van der Waals surface area contributed by atoms with Crippen molar-refractivity contribution in [3.63, 3.8) is 0 Å². The fourth-order valence-electron chi connectivity index (χ4n) is 4.68. The lowest BCUT2D eigenvalue weighted by Crippen LogP contribution is -2.54. The molecule has 0 aliphatic rings. The van der Waals surface area contributed by atoms with Gasteiger partial charge in [0, 0.05) is 0 Å². The second-order valence-electron chi connectivity index (χ2n) is 9.48. The maximum absolute atomic E-state index is 13.1. The quantitative estimate of drug-likeness (QED) is 0.193. The van der Waals surface area contributed by atoms with Crippen LogP contribution in [0.3, 0.4) is 0 Å². The normalized spacial score (nSPS) is 12.3. The SMILES string of the molecule is COC(=O)C(COCc1ccc(C(C)C)cc1)NC(c1ccccc1)(c1ccccc1)c1ccccc1. The number of carbonyl (C=O) groups is 1. The molecule has 0 fully saturated rings. The van der Waals surface area contributed by atoms with Crippen molar-refractivity contribution >= 4 is 5.97 Å². The van der Waals surface area contributed by atoms with Gasteiger partial charge < -0.3 is 9.47 Å². The number of esters is 1. The van der Waals surface area contributed by atoms with Gasteiger partial charge in [0.2, 0.25) is 0 Å². The third-order valence-electron chi connectivity index (χ3n) is 6.70. The van der Waals surface area contributed by atoms with Gasteiger partial charge in [-0.1, -0.05) is 129 Å². The molecule has 0 radical (unpaired) electrons. The van der Waals surface area contributed by atoms with Gasteiger partial charge in [-0.25, -0.2) is 0 Å². The van der Waals surface area contributed by atoms with Gasteiger partial charge >= 0.3 is 5.97 Å². The zero-order valence-corrected chi connectivity index (χ0v) is 21.8. The monoisotopic (exact) mass is 493 g/mol. The third kappa shape index (κ3) is 6.16. The Morgan fingerprint density at radius 1 is 0.730 bits per heavy atom. The molecule has 190 valence electrons. The van der Waals surface area contributed by atoms with Crippen LogP contribution in [0, 0.1) is 0 Å². The number of carbonyl (C=O) groups excluding carboxylic acids is 1. The van der Waals surface area contributed by atoms with E-state index < -0.39 is 11.6 Å². The molecule has 0 aliphatic heterocycles. The Morgan fingerprint density at radius 3 is 1.59 bits per heavy atom. The number of rotatable bonds is 11. The van der Waals surface area contributed by atoms with Gasteiger partial charge in [0.1, 0.15) is 6.04 Å². The van der Waals surface area contributed by atoms with Crippen LogP contribution in [0.2, 0.25) is 0 Å². The molecule has 4 heteroatoms. The molecule has 1 unspecified atom stereocenters. The first-order chi connectivity index (χ1) is 18.0. The van der Waals surface area contributed by atoms with Crippen LogP contribution >= 0.6 is 0 Å². The molecule has 0 amide bonds. The summed E-state index contributed by atoms with van der Waals surface area (Å²) in [5.74, 6) is 0.104. The minimum absolute atomic E-state index is 0.160. The summed E-state index contributed by atoms with van der Waals surface area (Å²) in [7, 11) is 1.41. The summed E-state index contributed by atoms with van der Waals surface area (Å²) in [5.41, 5.74) is 4.61. The Balaban J connectivity index is 1.68. The number of hydrogen-bond acceptors (Lipinski definition) is 4. The first-order valence-electron chi connectivity index (χ1n) is 12.7. The fourth-order valence-corrected chi connectivity index (χ4v) is 4.68. The molecule has 4 rings (SSSR count). The zero-order chi connectivity index (χ0) is 26.1. The Labute approximate surface area is 220 Å². The molecular weight excluding hydrogens is 458 g/mol. The summed E-state index contributed by atoms with van der Waals surface area (Å²) in [4.78, 5) is 13.1. The van der Waals surface area contributed by atoms with Crippen molar-refractivity contribution in [1.29, 1.82) is 0 Å². The van der Waals surface area contributed by atoms with Crippen LogP contribution in [-0.4, -0.2) is 25.7 Å². The van der Waals surface area contributed by atoms with Crippen LogP contribution in [0.1, 0.15) is 47.6 Å². The molecule has 0 aliphatic carbocycles. The first kappa shape index (κ1) is 26.3. The van der Waals surface area contributed by atoms with Gasteiger partial charge in [-0.15, -0.1) is 0 Å². The Hall–Kier alpha value is -3.73. The molecular formula is C33H35NO3. The predicted molar refractivity (Wildman–Crippen MR) is 148 cm³/mol. The molecule has 0 heterocycles. The Morgan fingerprint density at radius 2 is 1.19 bits per heavy atom. The maximum Gasteiger partial charge on any atom is 0.325 e. The lowest BCUT2D eigenvalue weighted by Gasteiger charge is -2.39. The van der Waals surface area contributed by atoms with E-state index in [0.29, 0.717) is 12.5 Å². The van der Waals surface area contributed by atoms with E-state index in [0.717, 1.165) is 22.3 Å². The highest BCUT2D eigenvalue weighted by Gasteiger charge is 2.40. The standard InChI is InChI=1S/C33H35NO3/c1-25(2)27-21-19-26(20-22-27)23-37-24-31(32(35)36-3)34-33(28-13-7-4-8-14-28,29-15-9-5-10-16-29)30-17-11-6-12-18-30/h4-22,25,31,34H,23-24H2,1-3H3. The molecule has 4 nitrogen and oxygen atoms in total. The summed E-state index contributed by atoms with van der Waals surface area (Å²) in [6.07, 6.45) is 0. The average Bonchev–Trinajstić information content (AvgIpc) is 2.96. The first-order valence-corrected chi connectivity index (χ1v) is 12.7. The summed E-state index contributed by atoms with van der Waals surface area (Å²) in [6.45, 7) is 4.92. The van der Waals surface area contributed by atoms with Gasteiger partial charge in [0.15, 0.2) is 0 Å². The molecule has 0 saturated carbocycles. The van der Waals surface area contributed by atoms with Crippen molar-refractivity contribution in [1.82, 2.24) is 5.32 Å². The van der Waals surface area contributed by atoms with Crippen molar-refractivity contribution in [3.8, 4) is 0 Å². The van der Waals surface area contributed by atoms with E-state index in [1.807, 2.05) is 54.6 Å². The van der Waals surface area contributed by atoms with Crippen molar-refractivity contribution in [2.24, 2.45) is 0 Å². The zero-order valence-electron chi connectivity index (χ0n) is 21.8.